The van der Waals surface area contributed by atoms with Crippen molar-refractivity contribution in [3.05, 3.63) is 44.3 Å². The number of benzene rings is 1. The lowest BCUT2D eigenvalue weighted by Crippen LogP contribution is -2.03. The lowest BCUT2D eigenvalue weighted by Gasteiger charge is -2.13. The molecule has 88 valence electrons. The molecule has 3 rings (SSSR count). The third kappa shape index (κ3) is 1.99. The number of nitrogens with one attached hydrogen (secondary N) is 1. The Bertz CT molecular complexity index is 555. The van der Waals surface area contributed by atoms with Gasteiger partial charge in [-0.25, -0.2) is 4.98 Å². The largest absolute Gasteiger partial charge is 0.384 e. The summed E-state index contributed by atoms with van der Waals surface area (Å²) < 4.78 is 0.775. The van der Waals surface area contributed by atoms with E-state index in [1.165, 1.54) is 16.9 Å². The van der Waals surface area contributed by atoms with Crippen LogP contribution in [0.1, 0.15) is 22.2 Å². The lowest BCUT2D eigenvalue weighted by atomic mass is 10.0. The number of fused-ring (bicyclic) bond motifs is 1. The molecule has 0 spiro atoms. The number of hydrogen-bond donors (Lipinski definition) is 2. The van der Waals surface area contributed by atoms with Gasteiger partial charge in [0.15, 0.2) is 0 Å². The normalized spacial score (nSPS) is 15.4. The molecule has 1 unspecified atom stereocenters. The molecule has 0 amide bonds. The van der Waals surface area contributed by atoms with Crippen molar-refractivity contribution in [1.82, 2.24) is 4.98 Å². The van der Waals surface area contributed by atoms with Crippen molar-refractivity contribution >= 4 is 33.0 Å². The monoisotopic (exact) mass is 310 g/mol. The Kier molecular flexibility index (Phi) is 2.90. The van der Waals surface area contributed by atoms with E-state index in [-0.39, 0.29) is 0 Å². The maximum atomic E-state index is 10.4. The van der Waals surface area contributed by atoms with Gasteiger partial charge < -0.3 is 10.4 Å². The zero-order valence-electron chi connectivity index (χ0n) is 8.98. The highest BCUT2D eigenvalue weighted by Gasteiger charge is 2.21. The van der Waals surface area contributed by atoms with E-state index in [4.69, 9.17) is 0 Å². The summed E-state index contributed by atoms with van der Waals surface area (Å²) in [4.78, 5) is 4.27. The van der Waals surface area contributed by atoms with Crippen molar-refractivity contribution in [3.63, 3.8) is 0 Å². The predicted molar refractivity (Wildman–Crippen MR) is 72.5 cm³/mol. The fraction of sp³-hybridized carbons (Fsp3) is 0.250. The molecular weight excluding hydrogens is 300 g/mol. The van der Waals surface area contributed by atoms with Gasteiger partial charge in [0.25, 0.3) is 0 Å². The number of halogens is 1. The molecule has 3 nitrogen and oxygen atoms in total. The molecule has 1 aromatic heterocycles. The summed E-state index contributed by atoms with van der Waals surface area (Å²) in [6, 6.07) is 6.05. The number of hydrogen-bond acceptors (Lipinski definition) is 4. The molecule has 2 aromatic rings. The van der Waals surface area contributed by atoms with E-state index in [0.29, 0.717) is 0 Å². The smallest absolute Gasteiger partial charge is 0.133 e. The topological polar surface area (TPSA) is 45.2 Å². The average Bonchev–Trinajstić information content (AvgIpc) is 2.95. The van der Waals surface area contributed by atoms with Crippen LogP contribution in [0, 0.1) is 0 Å². The maximum Gasteiger partial charge on any atom is 0.133 e. The number of aliphatic hydroxyl groups excluding tert-OH is 1. The van der Waals surface area contributed by atoms with Gasteiger partial charge in [-0.3, -0.25) is 0 Å². The molecular formula is C12H11BrN2OS. The van der Waals surface area contributed by atoms with Crippen LogP contribution in [0.5, 0.6) is 0 Å². The zero-order valence-corrected chi connectivity index (χ0v) is 11.4. The molecule has 17 heavy (non-hydrogen) atoms. The maximum absolute atomic E-state index is 10.4. The van der Waals surface area contributed by atoms with E-state index in [1.807, 2.05) is 17.5 Å². The molecule has 1 aliphatic heterocycles. The molecule has 1 aromatic carbocycles. The van der Waals surface area contributed by atoms with Crippen LogP contribution in [0.25, 0.3) is 0 Å². The minimum Gasteiger partial charge on any atom is -0.384 e. The molecule has 0 radical (unpaired) electrons. The van der Waals surface area contributed by atoms with Crippen LogP contribution in [0.4, 0.5) is 5.69 Å². The summed E-state index contributed by atoms with van der Waals surface area (Å²) in [6.07, 6.45) is 0.379. The van der Waals surface area contributed by atoms with Gasteiger partial charge in [-0.15, -0.1) is 11.3 Å². The first-order valence-electron chi connectivity index (χ1n) is 5.40. The standard InChI is InChI=1S/C12H11BrN2OS/c13-9-6-17-12(15-9)11(16)8-3-1-2-7-4-5-14-10(7)8/h1-3,6,11,14,16H,4-5H2. The third-order valence-electron chi connectivity index (χ3n) is 2.90. The Balaban J connectivity index is 2.02. The van der Waals surface area contributed by atoms with Gasteiger partial charge >= 0.3 is 0 Å². The SMILES string of the molecule is OC(c1nc(Br)cs1)c1cccc2c1NCC2. The van der Waals surface area contributed by atoms with Crippen LogP contribution in [-0.4, -0.2) is 16.6 Å². The van der Waals surface area contributed by atoms with Crippen LogP contribution in [0.3, 0.4) is 0 Å². The van der Waals surface area contributed by atoms with E-state index in [9.17, 15) is 5.11 Å². The van der Waals surface area contributed by atoms with E-state index >= 15 is 0 Å². The third-order valence-corrected chi connectivity index (χ3v) is 4.51. The summed E-state index contributed by atoms with van der Waals surface area (Å²) in [6.45, 7) is 0.945. The van der Waals surface area contributed by atoms with Crippen LogP contribution >= 0.6 is 27.3 Å². The van der Waals surface area contributed by atoms with Crippen LogP contribution in [0.2, 0.25) is 0 Å². The first-order valence-corrected chi connectivity index (χ1v) is 7.07. The van der Waals surface area contributed by atoms with E-state index < -0.39 is 6.10 Å². The van der Waals surface area contributed by atoms with Crippen molar-refractivity contribution in [2.75, 3.05) is 11.9 Å². The quantitative estimate of drug-likeness (QED) is 0.896. The molecule has 0 saturated carbocycles. The van der Waals surface area contributed by atoms with E-state index in [0.717, 1.165) is 33.8 Å². The summed E-state index contributed by atoms with van der Waals surface area (Å²) >= 11 is 4.77. The molecule has 5 heteroatoms. The Morgan fingerprint density at radius 3 is 3.12 bits per heavy atom. The molecule has 0 bridgehead atoms. The number of aliphatic hydroxyl groups is 1. The van der Waals surface area contributed by atoms with Gasteiger partial charge in [0.1, 0.15) is 15.7 Å². The number of nitrogens with zero attached hydrogens (tertiary/aromatic N) is 1. The number of para-hydroxylation sites is 1. The lowest BCUT2D eigenvalue weighted by molar-refractivity contribution is 0.220. The fourth-order valence-corrected chi connectivity index (χ4v) is 3.39. The molecule has 2 heterocycles. The van der Waals surface area contributed by atoms with Crippen molar-refractivity contribution in [2.24, 2.45) is 0 Å². The Morgan fingerprint density at radius 1 is 1.47 bits per heavy atom. The van der Waals surface area contributed by atoms with Crippen molar-refractivity contribution in [2.45, 2.75) is 12.5 Å². The van der Waals surface area contributed by atoms with Crippen LogP contribution in [-0.2, 0) is 6.42 Å². The van der Waals surface area contributed by atoms with Gasteiger partial charge in [-0.2, -0.15) is 0 Å². The van der Waals surface area contributed by atoms with Gasteiger partial charge in [-0.1, -0.05) is 18.2 Å². The number of anilines is 1. The first kappa shape index (κ1) is 11.2. The van der Waals surface area contributed by atoms with E-state index in [2.05, 4.69) is 32.3 Å². The fourth-order valence-electron chi connectivity index (χ4n) is 2.12. The molecule has 0 fully saturated rings. The van der Waals surface area contributed by atoms with E-state index in [1.54, 1.807) is 0 Å². The molecule has 0 aliphatic carbocycles. The Morgan fingerprint density at radius 2 is 2.35 bits per heavy atom. The van der Waals surface area contributed by atoms with Gasteiger partial charge in [0, 0.05) is 23.2 Å². The highest BCUT2D eigenvalue weighted by atomic mass is 79.9. The summed E-state index contributed by atoms with van der Waals surface area (Å²) in [7, 11) is 0. The Labute approximate surface area is 112 Å². The molecule has 2 N–H and O–H groups in total. The summed E-state index contributed by atoms with van der Waals surface area (Å²) in [5.74, 6) is 0. The van der Waals surface area contributed by atoms with Crippen LogP contribution < -0.4 is 5.32 Å². The second-order valence-corrected chi connectivity index (χ2v) is 5.67. The van der Waals surface area contributed by atoms with Crippen molar-refractivity contribution in [3.8, 4) is 0 Å². The first-order chi connectivity index (χ1) is 8.25. The zero-order chi connectivity index (χ0) is 11.8. The minimum atomic E-state index is -0.646. The highest BCUT2D eigenvalue weighted by Crippen LogP contribution is 2.35. The second-order valence-electron chi connectivity index (χ2n) is 3.97. The van der Waals surface area contributed by atoms with Gasteiger partial charge in [0.2, 0.25) is 0 Å². The molecule has 1 aliphatic rings. The molecule has 1 atom stereocenters. The minimum absolute atomic E-state index is 0.646. The highest BCUT2D eigenvalue weighted by molar-refractivity contribution is 9.10. The van der Waals surface area contributed by atoms with Gasteiger partial charge in [-0.05, 0) is 27.9 Å². The van der Waals surface area contributed by atoms with Gasteiger partial charge in [0.05, 0.1) is 0 Å². The number of thiazole rings is 1. The predicted octanol–water partition coefficient (Wildman–Crippen LogP) is 2.96. The van der Waals surface area contributed by atoms with Crippen molar-refractivity contribution in [1.29, 1.82) is 0 Å². The summed E-state index contributed by atoms with van der Waals surface area (Å²) in [5, 5.41) is 16.3. The Hall–Kier alpha value is -0.910. The van der Waals surface area contributed by atoms with Crippen LogP contribution in [0.15, 0.2) is 28.2 Å². The second kappa shape index (κ2) is 4.40. The van der Waals surface area contributed by atoms with Crippen molar-refractivity contribution < 1.29 is 5.11 Å². The number of aromatic nitrogens is 1. The number of rotatable bonds is 2. The summed E-state index contributed by atoms with van der Waals surface area (Å²) in [5.41, 5.74) is 3.27. The average molecular weight is 311 g/mol. The molecule has 0 saturated heterocycles.